The first-order valence-electron chi connectivity index (χ1n) is 7.11. The number of ether oxygens (including phenoxy) is 3. The van der Waals surface area contributed by atoms with Crippen LogP contribution in [0.5, 0.6) is 11.5 Å². The number of nitrogens with two attached hydrogens (primary N) is 1. The molecule has 0 radical (unpaired) electrons. The second-order valence-corrected chi connectivity index (χ2v) is 4.43. The minimum Gasteiger partial charge on any atom is -0.490 e. The van der Waals surface area contributed by atoms with Crippen molar-refractivity contribution < 1.29 is 14.2 Å². The SMILES string of the molecule is CCOc1ccc(C(CCCOC)NN)cc1OCC. The quantitative estimate of drug-likeness (QED) is 0.392. The minimum absolute atomic E-state index is 0.0834. The number of rotatable bonds is 10. The summed E-state index contributed by atoms with van der Waals surface area (Å²) < 4.78 is 16.3. The number of nitrogens with one attached hydrogen (secondary N) is 1. The Bertz CT molecular complexity index is 385. The molecule has 1 unspecified atom stereocenters. The van der Waals surface area contributed by atoms with Gasteiger partial charge in [-0.05, 0) is 44.4 Å². The molecule has 0 aliphatic heterocycles. The smallest absolute Gasteiger partial charge is 0.161 e. The van der Waals surface area contributed by atoms with Crippen LogP contribution in [0.25, 0.3) is 0 Å². The molecule has 114 valence electrons. The van der Waals surface area contributed by atoms with E-state index in [1.54, 1.807) is 7.11 Å². The minimum atomic E-state index is 0.0834. The van der Waals surface area contributed by atoms with Crippen LogP contribution in [0.4, 0.5) is 0 Å². The molecule has 5 nitrogen and oxygen atoms in total. The Morgan fingerprint density at radius 3 is 2.45 bits per heavy atom. The molecule has 1 aromatic rings. The van der Waals surface area contributed by atoms with Crippen molar-refractivity contribution in [1.82, 2.24) is 5.43 Å². The van der Waals surface area contributed by atoms with Crippen molar-refractivity contribution in [3.05, 3.63) is 23.8 Å². The molecular weight excluding hydrogens is 256 g/mol. The second kappa shape index (κ2) is 9.58. The third kappa shape index (κ3) is 5.00. The molecule has 0 spiro atoms. The van der Waals surface area contributed by atoms with Gasteiger partial charge in [-0.3, -0.25) is 11.3 Å². The highest BCUT2D eigenvalue weighted by atomic mass is 16.5. The van der Waals surface area contributed by atoms with E-state index in [1.807, 2.05) is 32.0 Å². The molecule has 5 heteroatoms. The standard InChI is InChI=1S/C15H26N2O3/c1-4-19-14-9-8-12(11-15(14)20-5-2)13(17-16)7-6-10-18-3/h8-9,11,13,17H,4-7,10,16H2,1-3H3. The van der Waals surface area contributed by atoms with E-state index in [9.17, 15) is 0 Å². The summed E-state index contributed by atoms with van der Waals surface area (Å²) in [5.41, 5.74) is 3.94. The Balaban J connectivity index is 2.84. The van der Waals surface area contributed by atoms with Gasteiger partial charge in [0.05, 0.1) is 13.2 Å². The van der Waals surface area contributed by atoms with Crippen LogP contribution >= 0.6 is 0 Å². The molecule has 0 aromatic heterocycles. The summed E-state index contributed by atoms with van der Waals surface area (Å²) >= 11 is 0. The van der Waals surface area contributed by atoms with Gasteiger partial charge in [-0.2, -0.15) is 0 Å². The van der Waals surface area contributed by atoms with Gasteiger partial charge < -0.3 is 14.2 Å². The Labute approximate surface area is 121 Å². The highest BCUT2D eigenvalue weighted by Crippen LogP contribution is 2.31. The first-order chi connectivity index (χ1) is 9.76. The maximum Gasteiger partial charge on any atom is 0.161 e. The summed E-state index contributed by atoms with van der Waals surface area (Å²) in [5, 5.41) is 0. The molecule has 0 fully saturated rings. The van der Waals surface area contributed by atoms with Crippen molar-refractivity contribution in [3.8, 4) is 11.5 Å². The average molecular weight is 282 g/mol. The van der Waals surface area contributed by atoms with Gasteiger partial charge >= 0.3 is 0 Å². The molecule has 0 saturated heterocycles. The van der Waals surface area contributed by atoms with E-state index in [0.29, 0.717) is 13.2 Å². The van der Waals surface area contributed by atoms with Gasteiger partial charge in [-0.15, -0.1) is 0 Å². The van der Waals surface area contributed by atoms with Crippen molar-refractivity contribution in [3.63, 3.8) is 0 Å². The van der Waals surface area contributed by atoms with Crippen LogP contribution in [0, 0.1) is 0 Å². The molecule has 0 bridgehead atoms. The summed E-state index contributed by atoms with van der Waals surface area (Å²) in [5.74, 6) is 7.18. The van der Waals surface area contributed by atoms with Crippen LogP contribution in [-0.2, 0) is 4.74 Å². The summed E-state index contributed by atoms with van der Waals surface area (Å²) in [7, 11) is 1.70. The van der Waals surface area contributed by atoms with E-state index in [1.165, 1.54) is 0 Å². The van der Waals surface area contributed by atoms with E-state index < -0.39 is 0 Å². The maximum atomic E-state index is 5.64. The normalized spacial score (nSPS) is 12.2. The van der Waals surface area contributed by atoms with Crippen LogP contribution in [0.3, 0.4) is 0 Å². The molecular formula is C15H26N2O3. The Kier molecular flexibility index (Phi) is 8.02. The highest BCUT2D eigenvalue weighted by molar-refractivity contribution is 5.44. The summed E-state index contributed by atoms with van der Waals surface area (Å²) in [6.07, 6.45) is 1.85. The lowest BCUT2D eigenvalue weighted by atomic mass is 10.0. The van der Waals surface area contributed by atoms with Crippen LogP contribution in [-0.4, -0.2) is 26.9 Å². The maximum absolute atomic E-state index is 5.64. The summed E-state index contributed by atoms with van der Waals surface area (Å²) in [6, 6.07) is 6.03. The summed E-state index contributed by atoms with van der Waals surface area (Å²) in [4.78, 5) is 0. The zero-order valence-corrected chi connectivity index (χ0v) is 12.6. The van der Waals surface area contributed by atoms with Gasteiger partial charge in [0, 0.05) is 19.8 Å². The van der Waals surface area contributed by atoms with E-state index in [0.717, 1.165) is 36.5 Å². The topological polar surface area (TPSA) is 65.7 Å². The van der Waals surface area contributed by atoms with Gasteiger partial charge in [0.15, 0.2) is 11.5 Å². The zero-order valence-electron chi connectivity index (χ0n) is 12.6. The number of methoxy groups -OCH3 is 1. The van der Waals surface area contributed by atoms with E-state index in [4.69, 9.17) is 20.1 Å². The monoisotopic (exact) mass is 282 g/mol. The van der Waals surface area contributed by atoms with Crippen molar-refractivity contribution >= 4 is 0 Å². The lowest BCUT2D eigenvalue weighted by molar-refractivity contribution is 0.188. The second-order valence-electron chi connectivity index (χ2n) is 4.43. The fourth-order valence-corrected chi connectivity index (χ4v) is 2.06. The van der Waals surface area contributed by atoms with Gasteiger partial charge in [-0.1, -0.05) is 6.07 Å². The lowest BCUT2D eigenvalue weighted by Crippen LogP contribution is -2.28. The number of benzene rings is 1. The van der Waals surface area contributed by atoms with Crippen molar-refractivity contribution in [1.29, 1.82) is 0 Å². The number of hydrogen-bond donors (Lipinski definition) is 2. The lowest BCUT2D eigenvalue weighted by Gasteiger charge is -2.18. The number of hydrogen-bond acceptors (Lipinski definition) is 5. The van der Waals surface area contributed by atoms with Gasteiger partial charge in [0.2, 0.25) is 0 Å². The van der Waals surface area contributed by atoms with Crippen LogP contribution in [0.1, 0.15) is 38.3 Å². The largest absolute Gasteiger partial charge is 0.490 e. The van der Waals surface area contributed by atoms with Crippen molar-refractivity contribution in [2.75, 3.05) is 26.9 Å². The zero-order chi connectivity index (χ0) is 14.8. The Morgan fingerprint density at radius 1 is 1.15 bits per heavy atom. The van der Waals surface area contributed by atoms with E-state index in [2.05, 4.69) is 5.43 Å². The molecule has 20 heavy (non-hydrogen) atoms. The molecule has 0 aliphatic rings. The molecule has 3 N–H and O–H groups in total. The van der Waals surface area contributed by atoms with Gasteiger partial charge in [-0.25, -0.2) is 0 Å². The van der Waals surface area contributed by atoms with Crippen LogP contribution in [0.15, 0.2) is 18.2 Å². The third-order valence-corrected chi connectivity index (χ3v) is 3.01. The molecule has 1 rings (SSSR count). The van der Waals surface area contributed by atoms with Gasteiger partial charge in [0.1, 0.15) is 0 Å². The van der Waals surface area contributed by atoms with Crippen LogP contribution in [0.2, 0.25) is 0 Å². The fraction of sp³-hybridized carbons (Fsp3) is 0.600. The molecule has 0 saturated carbocycles. The Hall–Kier alpha value is -1.30. The van der Waals surface area contributed by atoms with Gasteiger partial charge in [0.25, 0.3) is 0 Å². The van der Waals surface area contributed by atoms with Crippen molar-refractivity contribution in [2.24, 2.45) is 5.84 Å². The highest BCUT2D eigenvalue weighted by Gasteiger charge is 2.13. The molecule has 0 amide bonds. The average Bonchev–Trinajstić information content (AvgIpc) is 2.46. The molecule has 1 atom stereocenters. The Morgan fingerprint density at radius 2 is 1.85 bits per heavy atom. The molecule has 0 heterocycles. The fourth-order valence-electron chi connectivity index (χ4n) is 2.06. The van der Waals surface area contributed by atoms with E-state index >= 15 is 0 Å². The summed E-state index contributed by atoms with van der Waals surface area (Å²) in [6.45, 7) is 5.87. The first kappa shape index (κ1) is 16.8. The first-order valence-corrected chi connectivity index (χ1v) is 7.11. The number of hydrazine groups is 1. The predicted octanol–water partition coefficient (Wildman–Crippen LogP) is 2.42. The predicted molar refractivity (Wildman–Crippen MR) is 80.0 cm³/mol. The molecule has 1 aromatic carbocycles. The van der Waals surface area contributed by atoms with Crippen LogP contribution < -0.4 is 20.7 Å². The van der Waals surface area contributed by atoms with E-state index in [-0.39, 0.29) is 6.04 Å². The third-order valence-electron chi connectivity index (χ3n) is 3.01. The molecule has 0 aliphatic carbocycles. The van der Waals surface area contributed by atoms with Crippen molar-refractivity contribution in [2.45, 2.75) is 32.7 Å².